The summed E-state index contributed by atoms with van der Waals surface area (Å²) in [6.07, 6.45) is 8.41. The van der Waals surface area contributed by atoms with Gasteiger partial charge in [0.05, 0.1) is 24.0 Å². The van der Waals surface area contributed by atoms with E-state index in [1.165, 1.54) is 4.90 Å². The lowest BCUT2D eigenvalue weighted by Gasteiger charge is -2.27. The minimum absolute atomic E-state index is 0.0742. The normalized spacial score (nSPS) is 17.9. The van der Waals surface area contributed by atoms with E-state index in [-0.39, 0.29) is 17.8 Å². The van der Waals surface area contributed by atoms with Crippen LogP contribution in [0.25, 0.3) is 11.4 Å². The molecule has 32 heavy (non-hydrogen) atoms. The Bertz CT molecular complexity index is 1360. The molecule has 5 rings (SSSR count). The summed E-state index contributed by atoms with van der Waals surface area (Å²) in [5, 5.41) is 13.8. The molecule has 0 aliphatic carbocycles. The van der Waals surface area contributed by atoms with Gasteiger partial charge in [0.1, 0.15) is 5.65 Å². The number of pyridine rings is 3. The highest BCUT2D eigenvalue weighted by atomic mass is 16.3. The van der Waals surface area contributed by atoms with Gasteiger partial charge in [-0.1, -0.05) is 11.8 Å². The number of ketones is 1. The number of fused-ring (bicyclic) bond motifs is 1. The third-order valence-electron chi connectivity index (χ3n) is 5.60. The number of hydrogen-bond donors (Lipinski definition) is 0. The molecule has 158 valence electrons. The highest BCUT2D eigenvalue weighted by molar-refractivity contribution is 6.46. The highest BCUT2D eigenvalue weighted by Crippen LogP contribution is 2.39. The number of hydrogen-bond acceptors (Lipinski definition) is 5. The van der Waals surface area contributed by atoms with E-state index in [4.69, 9.17) is 0 Å². The second-order valence-corrected chi connectivity index (χ2v) is 7.57. The summed E-state index contributed by atoms with van der Waals surface area (Å²) in [6.45, 7) is 1.90. The molecule has 1 saturated heterocycles. The first kappa shape index (κ1) is 19.6. The first-order chi connectivity index (χ1) is 15.6. The molecule has 4 aromatic heterocycles. The molecule has 1 unspecified atom stereocenters. The van der Waals surface area contributed by atoms with Crippen LogP contribution in [0.1, 0.15) is 28.6 Å². The van der Waals surface area contributed by atoms with Crippen molar-refractivity contribution in [3.05, 3.63) is 102 Å². The largest absolute Gasteiger partial charge is 0.871 e. The third kappa shape index (κ3) is 3.13. The Balaban J connectivity index is 1.71. The van der Waals surface area contributed by atoms with Crippen molar-refractivity contribution in [3.63, 3.8) is 0 Å². The maximum absolute atomic E-state index is 13.8. The lowest BCUT2D eigenvalue weighted by molar-refractivity contribution is -0.378. The summed E-state index contributed by atoms with van der Waals surface area (Å²) >= 11 is 0. The van der Waals surface area contributed by atoms with Crippen molar-refractivity contribution in [1.29, 1.82) is 0 Å². The second kappa shape index (κ2) is 7.73. The number of nitrogens with one attached hydrogen (secondary N) is 1. The summed E-state index contributed by atoms with van der Waals surface area (Å²) in [6, 6.07) is 11.7. The number of aromatic amines is 1. The van der Waals surface area contributed by atoms with Crippen molar-refractivity contribution in [3.8, 4) is 0 Å². The van der Waals surface area contributed by atoms with Crippen LogP contribution in [0.4, 0.5) is 0 Å². The zero-order valence-corrected chi connectivity index (χ0v) is 17.2. The van der Waals surface area contributed by atoms with Crippen LogP contribution in [-0.2, 0) is 16.1 Å². The summed E-state index contributed by atoms with van der Waals surface area (Å²) in [5.41, 5.74) is 2.77. The molecule has 1 atom stereocenters. The smallest absolute Gasteiger partial charge is 0.295 e. The average Bonchev–Trinajstić information content (AvgIpc) is 3.28. The quantitative estimate of drug-likeness (QED) is 0.278. The minimum Gasteiger partial charge on any atom is -0.871 e. The minimum atomic E-state index is -0.820. The first-order valence-electron chi connectivity index (χ1n) is 10.1. The molecule has 0 spiro atoms. The maximum Gasteiger partial charge on any atom is 0.295 e. The summed E-state index contributed by atoms with van der Waals surface area (Å²) in [4.78, 5) is 39.1. The van der Waals surface area contributed by atoms with Crippen LogP contribution in [-0.4, -0.2) is 31.0 Å². The highest BCUT2D eigenvalue weighted by Gasteiger charge is 2.44. The Morgan fingerprint density at radius 2 is 1.94 bits per heavy atom. The van der Waals surface area contributed by atoms with Crippen LogP contribution in [0.5, 0.6) is 0 Å². The van der Waals surface area contributed by atoms with Crippen LogP contribution in [0.15, 0.2) is 79.0 Å². The van der Waals surface area contributed by atoms with Crippen LogP contribution < -0.4 is 10.1 Å². The van der Waals surface area contributed by atoms with Crippen molar-refractivity contribution in [2.75, 3.05) is 0 Å². The predicted molar refractivity (Wildman–Crippen MR) is 112 cm³/mol. The van der Waals surface area contributed by atoms with Crippen molar-refractivity contribution in [1.82, 2.24) is 19.3 Å². The van der Waals surface area contributed by atoms with Gasteiger partial charge in [0.25, 0.3) is 5.91 Å². The lowest BCUT2D eigenvalue weighted by Crippen LogP contribution is -2.29. The van der Waals surface area contributed by atoms with Gasteiger partial charge in [-0.25, -0.2) is 9.97 Å². The van der Waals surface area contributed by atoms with Gasteiger partial charge in [0, 0.05) is 35.8 Å². The molecular weight excluding hydrogens is 406 g/mol. The Labute approximate surface area is 183 Å². The van der Waals surface area contributed by atoms with Gasteiger partial charge in [-0.2, -0.15) is 0 Å². The average molecular weight is 425 g/mol. The SMILES string of the molecule is Cc1nc2ccccn2c1C([O-])=C1C(=O)C(=O)N(Cc2ccc[nH+]c2)C1c1ccncc1. The van der Waals surface area contributed by atoms with Crippen molar-refractivity contribution < 1.29 is 19.7 Å². The molecule has 8 nitrogen and oxygen atoms in total. The Kier molecular flexibility index (Phi) is 4.74. The Morgan fingerprint density at radius 1 is 1.12 bits per heavy atom. The number of carbonyl (C=O) groups excluding carboxylic acids is 2. The van der Waals surface area contributed by atoms with Gasteiger partial charge in [0.15, 0.2) is 12.4 Å². The molecule has 0 radical (unpaired) electrons. The molecule has 8 heteroatoms. The third-order valence-corrected chi connectivity index (χ3v) is 5.60. The van der Waals surface area contributed by atoms with E-state index in [9.17, 15) is 14.7 Å². The van der Waals surface area contributed by atoms with E-state index in [0.29, 0.717) is 16.9 Å². The standard InChI is InChI=1S/C24H19N5O3/c1-15-20(28-12-3-2-6-18(28)27-15)22(30)19-21(17-7-10-25-11-8-17)29(24(32)23(19)31)14-16-5-4-9-26-13-16/h2-13,21,30H,14H2,1H3. The van der Waals surface area contributed by atoms with Crippen molar-refractivity contribution in [2.45, 2.75) is 19.5 Å². The van der Waals surface area contributed by atoms with Gasteiger partial charge in [-0.05, 0) is 42.8 Å². The number of amides is 1. The number of nitrogens with zero attached hydrogens (tertiary/aromatic N) is 4. The molecular formula is C24H19N5O3. The zero-order chi connectivity index (χ0) is 22.2. The molecule has 0 aromatic carbocycles. The molecule has 1 fully saturated rings. The Hall–Kier alpha value is -4.33. The van der Waals surface area contributed by atoms with Crippen molar-refractivity contribution >= 4 is 23.1 Å². The summed E-state index contributed by atoms with van der Waals surface area (Å²) in [7, 11) is 0. The monoisotopic (exact) mass is 425 g/mol. The molecule has 0 saturated carbocycles. The van der Waals surface area contributed by atoms with Crippen LogP contribution in [0, 0.1) is 6.92 Å². The van der Waals surface area contributed by atoms with E-state index in [1.54, 1.807) is 66.6 Å². The number of aryl methyl sites for hydroxylation is 1. The molecule has 1 amide bonds. The zero-order valence-electron chi connectivity index (χ0n) is 17.2. The molecule has 0 bridgehead atoms. The fourth-order valence-electron chi connectivity index (χ4n) is 4.17. The number of carbonyl (C=O) groups is 2. The summed E-state index contributed by atoms with van der Waals surface area (Å²) < 4.78 is 1.65. The number of aromatic nitrogens is 4. The maximum atomic E-state index is 13.8. The van der Waals surface area contributed by atoms with E-state index in [2.05, 4.69) is 15.0 Å². The number of imidazole rings is 1. The number of rotatable bonds is 4. The van der Waals surface area contributed by atoms with Gasteiger partial charge >= 0.3 is 0 Å². The van der Waals surface area contributed by atoms with Crippen molar-refractivity contribution in [2.24, 2.45) is 0 Å². The van der Waals surface area contributed by atoms with E-state index in [0.717, 1.165) is 5.56 Å². The molecule has 1 N–H and O–H groups in total. The van der Waals surface area contributed by atoms with E-state index >= 15 is 0 Å². The van der Waals surface area contributed by atoms with Crippen LogP contribution in [0.2, 0.25) is 0 Å². The molecule has 1 aliphatic rings. The predicted octanol–water partition coefficient (Wildman–Crippen LogP) is 1.28. The number of Topliss-reactive ketones (excluding diaryl/α,β-unsaturated/α-hetero) is 1. The van der Waals surface area contributed by atoms with Crippen LogP contribution >= 0.6 is 0 Å². The van der Waals surface area contributed by atoms with Gasteiger partial charge in [0.2, 0.25) is 5.78 Å². The molecule has 4 aromatic rings. The fraction of sp³-hybridized carbons (Fsp3) is 0.125. The second-order valence-electron chi connectivity index (χ2n) is 7.57. The number of likely N-dealkylation sites (tertiary alicyclic amines) is 1. The van der Waals surface area contributed by atoms with Gasteiger partial charge in [-0.3, -0.25) is 14.6 Å². The van der Waals surface area contributed by atoms with Gasteiger partial charge in [-0.15, -0.1) is 0 Å². The van der Waals surface area contributed by atoms with Crippen LogP contribution in [0.3, 0.4) is 0 Å². The van der Waals surface area contributed by atoms with E-state index < -0.39 is 23.5 Å². The Morgan fingerprint density at radius 3 is 2.69 bits per heavy atom. The fourth-order valence-corrected chi connectivity index (χ4v) is 4.17. The molecule has 1 aliphatic heterocycles. The van der Waals surface area contributed by atoms with E-state index in [1.807, 2.05) is 18.2 Å². The summed E-state index contributed by atoms with van der Waals surface area (Å²) in [5.74, 6) is -1.99. The number of H-pyrrole nitrogens is 1. The lowest BCUT2D eigenvalue weighted by atomic mass is 9.97. The topological polar surface area (TPSA) is 105 Å². The molecule has 5 heterocycles. The first-order valence-corrected chi connectivity index (χ1v) is 10.1. The van der Waals surface area contributed by atoms with Gasteiger partial charge < -0.3 is 14.4 Å².